The highest BCUT2D eigenvalue weighted by Gasteiger charge is 2.39. The Bertz CT molecular complexity index is 539. The van der Waals surface area contributed by atoms with Gasteiger partial charge in [0.2, 0.25) is 5.91 Å². The highest BCUT2D eigenvalue weighted by molar-refractivity contribution is 5.96. The van der Waals surface area contributed by atoms with Crippen molar-refractivity contribution < 1.29 is 19.1 Å². The van der Waals surface area contributed by atoms with Crippen LogP contribution in [0.25, 0.3) is 0 Å². The molecule has 0 spiro atoms. The average Bonchev–Trinajstić information content (AvgIpc) is 2.90. The van der Waals surface area contributed by atoms with Gasteiger partial charge in [0, 0.05) is 6.54 Å². The van der Waals surface area contributed by atoms with E-state index in [4.69, 9.17) is 5.11 Å². The Labute approximate surface area is 116 Å². The summed E-state index contributed by atoms with van der Waals surface area (Å²) in [5.41, 5.74) is -0.647. The van der Waals surface area contributed by atoms with Crippen LogP contribution in [0, 0.1) is 11.2 Å². The largest absolute Gasteiger partial charge is 0.478 e. The summed E-state index contributed by atoms with van der Waals surface area (Å²) in [6.45, 7) is 3.27. The monoisotopic (exact) mass is 280 g/mol. The summed E-state index contributed by atoms with van der Waals surface area (Å²) in [5.74, 6) is -2.17. The van der Waals surface area contributed by atoms with Gasteiger partial charge in [-0.15, -0.1) is 0 Å². The second kappa shape index (κ2) is 5.58. The molecule has 0 aromatic heterocycles. The molecule has 6 heteroatoms. The number of aromatic carboxylic acids is 1. The first-order chi connectivity index (χ1) is 9.48. The van der Waals surface area contributed by atoms with E-state index < -0.39 is 17.2 Å². The summed E-state index contributed by atoms with van der Waals surface area (Å²) in [4.78, 5) is 23.0. The molecule has 5 nitrogen and oxygen atoms in total. The smallest absolute Gasteiger partial charge is 0.335 e. The highest BCUT2D eigenvalue weighted by atomic mass is 19.1. The van der Waals surface area contributed by atoms with Gasteiger partial charge in [0.15, 0.2) is 0 Å². The first-order valence-corrected chi connectivity index (χ1v) is 6.53. The van der Waals surface area contributed by atoms with Crippen LogP contribution >= 0.6 is 0 Å². The number of hydrogen-bond donors (Lipinski definition) is 3. The van der Waals surface area contributed by atoms with E-state index in [-0.39, 0.29) is 17.2 Å². The number of carbonyl (C=O) groups excluding carboxylic acids is 1. The Hall–Kier alpha value is -1.95. The van der Waals surface area contributed by atoms with E-state index in [1.54, 1.807) is 0 Å². The average molecular weight is 280 g/mol. The fourth-order valence-electron chi connectivity index (χ4n) is 2.40. The van der Waals surface area contributed by atoms with Crippen molar-refractivity contribution in [1.29, 1.82) is 0 Å². The molecule has 1 saturated heterocycles. The Morgan fingerprint density at radius 1 is 1.50 bits per heavy atom. The van der Waals surface area contributed by atoms with Crippen LogP contribution in [0.1, 0.15) is 30.1 Å². The number of carboxylic acids is 1. The van der Waals surface area contributed by atoms with Crippen molar-refractivity contribution in [2.45, 2.75) is 19.8 Å². The predicted molar refractivity (Wildman–Crippen MR) is 72.2 cm³/mol. The number of nitrogens with one attached hydrogen (secondary N) is 2. The molecule has 0 aliphatic carbocycles. The van der Waals surface area contributed by atoms with Gasteiger partial charge in [0.1, 0.15) is 5.82 Å². The van der Waals surface area contributed by atoms with Crippen molar-refractivity contribution in [2.75, 3.05) is 18.4 Å². The van der Waals surface area contributed by atoms with Crippen molar-refractivity contribution in [1.82, 2.24) is 5.32 Å². The lowest BCUT2D eigenvalue weighted by Gasteiger charge is -2.25. The van der Waals surface area contributed by atoms with E-state index in [1.165, 1.54) is 12.1 Å². The maximum absolute atomic E-state index is 13.8. The van der Waals surface area contributed by atoms with Gasteiger partial charge in [-0.3, -0.25) is 4.79 Å². The molecule has 1 amide bonds. The van der Waals surface area contributed by atoms with Crippen LogP contribution in [0.3, 0.4) is 0 Å². The summed E-state index contributed by atoms with van der Waals surface area (Å²) < 4.78 is 13.8. The van der Waals surface area contributed by atoms with Crippen molar-refractivity contribution in [3.05, 3.63) is 29.6 Å². The number of carboxylic acid groups (broad SMARTS) is 1. The molecule has 3 N–H and O–H groups in total. The van der Waals surface area contributed by atoms with Crippen molar-refractivity contribution in [2.24, 2.45) is 5.41 Å². The fraction of sp³-hybridized carbons (Fsp3) is 0.429. The van der Waals surface area contributed by atoms with E-state index in [0.29, 0.717) is 19.4 Å². The molecule has 1 aliphatic heterocycles. The molecule has 0 saturated carbocycles. The number of benzene rings is 1. The zero-order valence-corrected chi connectivity index (χ0v) is 11.2. The minimum absolute atomic E-state index is 0.0136. The van der Waals surface area contributed by atoms with Gasteiger partial charge < -0.3 is 15.7 Å². The minimum atomic E-state index is -1.20. The van der Waals surface area contributed by atoms with Crippen LogP contribution in [-0.4, -0.2) is 30.1 Å². The number of anilines is 1. The molecule has 1 heterocycles. The number of rotatable bonds is 4. The summed E-state index contributed by atoms with van der Waals surface area (Å²) in [7, 11) is 0. The Morgan fingerprint density at radius 2 is 2.25 bits per heavy atom. The third kappa shape index (κ3) is 2.65. The zero-order chi connectivity index (χ0) is 14.8. The Morgan fingerprint density at radius 3 is 2.75 bits per heavy atom. The molecule has 108 valence electrons. The van der Waals surface area contributed by atoms with E-state index in [9.17, 15) is 14.0 Å². The molecule has 1 aromatic rings. The van der Waals surface area contributed by atoms with E-state index in [2.05, 4.69) is 10.6 Å². The van der Waals surface area contributed by atoms with Gasteiger partial charge in [-0.05, 0) is 37.6 Å². The van der Waals surface area contributed by atoms with Gasteiger partial charge in [-0.25, -0.2) is 9.18 Å². The quantitative estimate of drug-likeness (QED) is 0.786. The van der Waals surface area contributed by atoms with Crippen molar-refractivity contribution >= 4 is 17.6 Å². The molecule has 1 fully saturated rings. The lowest BCUT2D eigenvalue weighted by molar-refractivity contribution is -0.124. The first-order valence-electron chi connectivity index (χ1n) is 6.53. The molecule has 20 heavy (non-hydrogen) atoms. The third-order valence-corrected chi connectivity index (χ3v) is 3.87. The van der Waals surface area contributed by atoms with Gasteiger partial charge in [-0.2, -0.15) is 0 Å². The van der Waals surface area contributed by atoms with Gasteiger partial charge in [0.25, 0.3) is 0 Å². The number of halogens is 1. The Balaban J connectivity index is 2.17. The standard InChI is InChI=1S/C14H17FN2O3/c1-2-14(5-6-16-8-14)13(20)17-11-4-3-9(12(18)19)7-10(11)15/h3-4,7,16H,2,5-6,8H2,1H3,(H,17,20)(H,18,19). The minimum Gasteiger partial charge on any atom is -0.478 e. The number of hydrogen-bond acceptors (Lipinski definition) is 3. The lowest BCUT2D eigenvalue weighted by Crippen LogP contribution is -2.37. The van der Waals surface area contributed by atoms with E-state index in [0.717, 1.165) is 12.6 Å². The van der Waals surface area contributed by atoms with Crippen LogP contribution in [0.2, 0.25) is 0 Å². The molecular weight excluding hydrogens is 263 g/mol. The van der Waals surface area contributed by atoms with Gasteiger partial charge >= 0.3 is 5.97 Å². The second-order valence-electron chi connectivity index (χ2n) is 5.01. The third-order valence-electron chi connectivity index (χ3n) is 3.87. The molecular formula is C14H17FN2O3. The topological polar surface area (TPSA) is 78.4 Å². The van der Waals surface area contributed by atoms with Crippen molar-refractivity contribution in [3.63, 3.8) is 0 Å². The van der Waals surface area contributed by atoms with Crippen LogP contribution in [0.4, 0.5) is 10.1 Å². The van der Waals surface area contributed by atoms with Crippen LogP contribution in [0.15, 0.2) is 18.2 Å². The maximum atomic E-state index is 13.8. The summed E-state index contributed by atoms with van der Waals surface area (Å²) >= 11 is 0. The fourth-order valence-corrected chi connectivity index (χ4v) is 2.40. The zero-order valence-electron chi connectivity index (χ0n) is 11.2. The number of amides is 1. The first kappa shape index (κ1) is 14.5. The normalized spacial score (nSPS) is 21.7. The van der Waals surface area contributed by atoms with Crippen molar-refractivity contribution in [3.8, 4) is 0 Å². The van der Waals surface area contributed by atoms with Crippen LogP contribution in [0.5, 0.6) is 0 Å². The SMILES string of the molecule is CCC1(C(=O)Nc2ccc(C(=O)O)cc2F)CCNC1. The lowest BCUT2D eigenvalue weighted by atomic mass is 9.83. The van der Waals surface area contributed by atoms with E-state index >= 15 is 0 Å². The maximum Gasteiger partial charge on any atom is 0.335 e. The summed E-state index contributed by atoms with van der Waals surface area (Å²) in [5, 5.41) is 14.5. The summed E-state index contributed by atoms with van der Waals surface area (Å²) in [6.07, 6.45) is 1.38. The molecule has 1 aromatic carbocycles. The second-order valence-corrected chi connectivity index (χ2v) is 5.01. The molecule has 0 radical (unpaired) electrons. The van der Waals surface area contributed by atoms with Gasteiger partial charge in [0.05, 0.1) is 16.7 Å². The Kier molecular flexibility index (Phi) is 4.04. The molecule has 2 rings (SSSR count). The predicted octanol–water partition coefficient (Wildman–Crippen LogP) is 1.85. The molecule has 1 unspecified atom stereocenters. The van der Waals surface area contributed by atoms with Crippen LogP contribution in [-0.2, 0) is 4.79 Å². The van der Waals surface area contributed by atoms with Gasteiger partial charge in [-0.1, -0.05) is 6.92 Å². The van der Waals surface area contributed by atoms with E-state index in [1.807, 2.05) is 6.92 Å². The number of carbonyl (C=O) groups is 2. The molecule has 0 bridgehead atoms. The van der Waals surface area contributed by atoms with Crippen LogP contribution < -0.4 is 10.6 Å². The highest BCUT2D eigenvalue weighted by Crippen LogP contribution is 2.31. The molecule has 1 atom stereocenters. The summed E-state index contributed by atoms with van der Waals surface area (Å²) in [6, 6.07) is 3.46. The molecule has 1 aliphatic rings.